The highest BCUT2D eigenvalue weighted by Gasteiger charge is 2.22. The second kappa shape index (κ2) is 7.26. The smallest absolute Gasteiger partial charge is 0.131 e. The van der Waals surface area contributed by atoms with Crippen molar-refractivity contribution in [1.29, 1.82) is 0 Å². The van der Waals surface area contributed by atoms with Gasteiger partial charge >= 0.3 is 0 Å². The van der Waals surface area contributed by atoms with Gasteiger partial charge in [-0.05, 0) is 20.2 Å². The summed E-state index contributed by atoms with van der Waals surface area (Å²) in [6.45, 7) is 4.00. The Balaban J connectivity index is 1.82. The third kappa shape index (κ3) is 4.44. The molecule has 1 aromatic rings. The van der Waals surface area contributed by atoms with Crippen molar-refractivity contribution in [2.24, 2.45) is 0 Å². The average molecular weight is 299 g/mol. The number of aliphatic hydroxyl groups excluding tert-OH is 1. The van der Waals surface area contributed by atoms with Crippen LogP contribution in [-0.2, 0) is 0 Å². The zero-order valence-corrected chi connectivity index (χ0v) is 12.5. The van der Waals surface area contributed by atoms with E-state index in [-0.39, 0.29) is 12.1 Å². The predicted molar refractivity (Wildman–Crippen MR) is 78.1 cm³/mol. The molecular formula is C15H23F2N3O. The normalized spacial score (nSPS) is 22.4. The van der Waals surface area contributed by atoms with E-state index in [2.05, 4.69) is 29.2 Å². The molecule has 1 fully saturated rings. The Labute approximate surface area is 124 Å². The summed E-state index contributed by atoms with van der Waals surface area (Å²) in [5, 5.41) is 13.2. The summed E-state index contributed by atoms with van der Waals surface area (Å²) < 4.78 is 26.4. The van der Waals surface area contributed by atoms with Crippen molar-refractivity contribution < 1.29 is 13.9 Å². The molecule has 0 bridgehead atoms. The van der Waals surface area contributed by atoms with Crippen LogP contribution in [-0.4, -0.2) is 67.8 Å². The zero-order chi connectivity index (χ0) is 15.4. The van der Waals surface area contributed by atoms with E-state index < -0.39 is 17.7 Å². The molecule has 21 heavy (non-hydrogen) atoms. The highest BCUT2D eigenvalue weighted by atomic mass is 19.1. The molecule has 118 valence electrons. The number of benzene rings is 1. The lowest BCUT2D eigenvalue weighted by Gasteiger charge is -2.38. The van der Waals surface area contributed by atoms with E-state index in [0.717, 1.165) is 38.3 Å². The Bertz CT molecular complexity index is 472. The second-order valence-corrected chi connectivity index (χ2v) is 5.74. The maximum Gasteiger partial charge on any atom is 0.131 e. The first-order valence-corrected chi connectivity index (χ1v) is 7.20. The van der Waals surface area contributed by atoms with Crippen LogP contribution in [0.4, 0.5) is 8.78 Å². The van der Waals surface area contributed by atoms with Crippen molar-refractivity contribution in [1.82, 2.24) is 15.1 Å². The number of aliphatic hydroxyl groups is 1. The molecular weight excluding hydrogens is 276 g/mol. The molecule has 0 spiro atoms. The van der Waals surface area contributed by atoms with E-state index in [9.17, 15) is 13.9 Å². The fourth-order valence-electron chi connectivity index (χ4n) is 2.59. The van der Waals surface area contributed by atoms with Gasteiger partial charge in [-0.15, -0.1) is 0 Å². The molecule has 4 nitrogen and oxygen atoms in total. The fourth-order valence-corrected chi connectivity index (χ4v) is 2.59. The van der Waals surface area contributed by atoms with Crippen LogP contribution in [0.2, 0.25) is 0 Å². The third-order valence-electron chi connectivity index (χ3n) is 4.02. The van der Waals surface area contributed by atoms with E-state index in [0.29, 0.717) is 6.04 Å². The number of likely N-dealkylation sites (N-methyl/N-ethyl adjacent to an activating group) is 2. The number of nitrogens with zero attached hydrogens (tertiary/aromatic N) is 2. The molecule has 1 aliphatic rings. The quantitative estimate of drug-likeness (QED) is 0.845. The largest absolute Gasteiger partial charge is 0.387 e. The number of hydrogen-bond acceptors (Lipinski definition) is 4. The molecule has 2 rings (SSSR count). The molecule has 1 aliphatic heterocycles. The van der Waals surface area contributed by atoms with Crippen LogP contribution >= 0.6 is 0 Å². The number of hydrogen-bond donors (Lipinski definition) is 2. The molecule has 2 atom stereocenters. The van der Waals surface area contributed by atoms with Crippen molar-refractivity contribution in [3.63, 3.8) is 0 Å². The Hall–Kier alpha value is -1.08. The maximum atomic E-state index is 13.6. The molecule has 0 radical (unpaired) electrons. The van der Waals surface area contributed by atoms with Crippen LogP contribution in [0.5, 0.6) is 0 Å². The van der Waals surface area contributed by atoms with Crippen LogP contribution < -0.4 is 5.32 Å². The monoisotopic (exact) mass is 299 g/mol. The number of rotatable bonds is 5. The molecule has 2 unspecified atom stereocenters. The van der Waals surface area contributed by atoms with Gasteiger partial charge in [-0.1, -0.05) is 6.07 Å². The van der Waals surface area contributed by atoms with Gasteiger partial charge in [-0.2, -0.15) is 0 Å². The van der Waals surface area contributed by atoms with Crippen LogP contribution in [0.25, 0.3) is 0 Å². The minimum absolute atomic E-state index is 0.123. The Morgan fingerprint density at radius 2 is 2.10 bits per heavy atom. The molecule has 2 N–H and O–H groups in total. The van der Waals surface area contributed by atoms with Crippen molar-refractivity contribution in [2.75, 3.05) is 46.8 Å². The number of nitrogens with one attached hydrogen (secondary N) is 1. The standard InChI is InChI=1S/C15H23F2N3O/c1-19-5-6-20(2)12(10-19)8-18-9-15(21)13-4-3-11(16)7-14(13)17/h3-4,7,12,15,18,21H,5-6,8-10H2,1-2H3. The summed E-state index contributed by atoms with van der Waals surface area (Å²) in [6, 6.07) is 3.61. The summed E-state index contributed by atoms with van der Waals surface area (Å²) in [5.74, 6) is -1.35. The van der Waals surface area contributed by atoms with Gasteiger partial charge in [0.05, 0.1) is 6.10 Å². The molecule has 6 heteroatoms. The van der Waals surface area contributed by atoms with Crippen molar-refractivity contribution in [3.05, 3.63) is 35.4 Å². The summed E-state index contributed by atoms with van der Waals surface area (Å²) >= 11 is 0. The lowest BCUT2D eigenvalue weighted by atomic mass is 10.1. The highest BCUT2D eigenvalue weighted by Crippen LogP contribution is 2.17. The summed E-state index contributed by atoms with van der Waals surface area (Å²) in [5.41, 5.74) is 0.123. The molecule has 0 amide bonds. The summed E-state index contributed by atoms with van der Waals surface area (Å²) in [7, 11) is 4.16. The van der Waals surface area contributed by atoms with Crippen LogP contribution in [0, 0.1) is 11.6 Å². The fraction of sp³-hybridized carbons (Fsp3) is 0.600. The van der Waals surface area contributed by atoms with E-state index in [4.69, 9.17) is 0 Å². The van der Waals surface area contributed by atoms with Gasteiger partial charge in [-0.3, -0.25) is 4.90 Å². The van der Waals surface area contributed by atoms with E-state index in [1.807, 2.05) is 0 Å². The van der Waals surface area contributed by atoms with Crippen LogP contribution in [0.1, 0.15) is 11.7 Å². The predicted octanol–water partition coefficient (Wildman–Crippen LogP) is 0.834. The minimum Gasteiger partial charge on any atom is -0.387 e. The topological polar surface area (TPSA) is 38.7 Å². The lowest BCUT2D eigenvalue weighted by molar-refractivity contribution is 0.107. The van der Waals surface area contributed by atoms with Gasteiger partial charge in [0.15, 0.2) is 0 Å². The van der Waals surface area contributed by atoms with E-state index >= 15 is 0 Å². The molecule has 1 saturated heterocycles. The first-order valence-electron chi connectivity index (χ1n) is 7.20. The number of halogens is 2. The van der Waals surface area contributed by atoms with Crippen LogP contribution in [0.15, 0.2) is 18.2 Å². The van der Waals surface area contributed by atoms with Gasteiger partial charge in [0.1, 0.15) is 11.6 Å². The average Bonchev–Trinajstić information content (AvgIpc) is 2.42. The highest BCUT2D eigenvalue weighted by molar-refractivity contribution is 5.21. The second-order valence-electron chi connectivity index (χ2n) is 5.74. The Morgan fingerprint density at radius 3 is 2.81 bits per heavy atom. The van der Waals surface area contributed by atoms with E-state index in [1.54, 1.807) is 0 Å². The molecule has 0 saturated carbocycles. The van der Waals surface area contributed by atoms with Gasteiger partial charge in [0.25, 0.3) is 0 Å². The van der Waals surface area contributed by atoms with Crippen molar-refractivity contribution in [3.8, 4) is 0 Å². The van der Waals surface area contributed by atoms with E-state index in [1.165, 1.54) is 6.07 Å². The van der Waals surface area contributed by atoms with Gasteiger partial charge in [-0.25, -0.2) is 8.78 Å². The van der Waals surface area contributed by atoms with Crippen molar-refractivity contribution in [2.45, 2.75) is 12.1 Å². The van der Waals surface area contributed by atoms with Crippen LogP contribution in [0.3, 0.4) is 0 Å². The molecule has 0 aromatic heterocycles. The lowest BCUT2D eigenvalue weighted by Crippen LogP contribution is -2.54. The number of piperazine rings is 1. The molecule has 1 aromatic carbocycles. The summed E-state index contributed by atoms with van der Waals surface area (Å²) in [4.78, 5) is 4.54. The Morgan fingerprint density at radius 1 is 1.33 bits per heavy atom. The van der Waals surface area contributed by atoms with Gasteiger partial charge in [0, 0.05) is 50.4 Å². The molecule has 1 heterocycles. The molecule has 0 aliphatic carbocycles. The first kappa shape index (κ1) is 16.3. The van der Waals surface area contributed by atoms with Gasteiger partial charge in [0.2, 0.25) is 0 Å². The minimum atomic E-state index is -0.975. The van der Waals surface area contributed by atoms with Gasteiger partial charge < -0.3 is 15.3 Å². The summed E-state index contributed by atoms with van der Waals surface area (Å²) in [6.07, 6.45) is -0.975. The maximum absolute atomic E-state index is 13.6. The SMILES string of the molecule is CN1CCN(C)C(CNCC(O)c2ccc(F)cc2F)C1. The first-order chi connectivity index (χ1) is 9.97. The zero-order valence-electron chi connectivity index (χ0n) is 12.5. The third-order valence-corrected chi connectivity index (χ3v) is 4.02. The van der Waals surface area contributed by atoms with Crippen molar-refractivity contribution >= 4 is 0 Å². The Kier molecular flexibility index (Phi) is 5.64.